The number of ether oxygens (including phenoxy) is 1. The van der Waals surface area contributed by atoms with Crippen molar-refractivity contribution in [3.05, 3.63) is 35.9 Å². The first-order valence-electron chi connectivity index (χ1n) is 11.0. The van der Waals surface area contributed by atoms with Crippen LogP contribution in [0.25, 0.3) is 0 Å². The van der Waals surface area contributed by atoms with E-state index in [4.69, 9.17) is 4.74 Å². The van der Waals surface area contributed by atoms with Crippen LogP contribution in [0.4, 0.5) is 0 Å². The monoisotopic (exact) mass is 448 g/mol. The summed E-state index contributed by atoms with van der Waals surface area (Å²) >= 11 is 1.77. The number of carbonyl (C=O) groups is 3. The summed E-state index contributed by atoms with van der Waals surface area (Å²) in [6.45, 7) is 3.78. The number of hydrogen-bond acceptors (Lipinski definition) is 7. The van der Waals surface area contributed by atoms with Crippen molar-refractivity contribution in [2.24, 2.45) is 11.8 Å². The van der Waals surface area contributed by atoms with Crippen LogP contribution in [0.5, 0.6) is 0 Å². The molecular formula is C23H32N2O5S. The molecule has 8 heteroatoms. The average molecular weight is 449 g/mol. The maximum atomic E-state index is 13.3. The lowest BCUT2D eigenvalue weighted by Gasteiger charge is -2.30. The van der Waals surface area contributed by atoms with E-state index in [-0.39, 0.29) is 30.2 Å². The Bertz CT molecular complexity index is 774. The van der Waals surface area contributed by atoms with E-state index in [9.17, 15) is 19.5 Å². The Morgan fingerprint density at radius 3 is 2.65 bits per heavy atom. The van der Waals surface area contributed by atoms with Crippen molar-refractivity contribution in [1.29, 1.82) is 0 Å². The van der Waals surface area contributed by atoms with Crippen LogP contribution in [0.1, 0.15) is 32.3 Å². The third-order valence-electron chi connectivity index (χ3n) is 6.26. The predicted molar refractivity (Wildman–Crippen MR) is 120 cm³/mol. The predicted octanol–water partition coefficient (Wildman–Crippen LogP) is 1.89. The van der Waals surface area contributed by atoms with Gasteiger partial charge < -0.3 is 9.84 Å². The molecule has 2 saturated heterocycles. The summed E-state index contributed by atoms with van der Waals surface area (Å²) in [6.07, 6.45) is 1.99. The molecule has 0 radical (unpaired) electrons. The molecule has 0 aromatic heterocycles. The molecule has 1 aromatic rings. The molecule has 0 amide bonds. The summed E-state index contributed by atoms with van der Waals surface area (Å²) in [6, 6.07) is 7.47. The van der Waals surface area contributed by atoms with Gasteiger partial charge in [0.25, 0.3) is 0 Å². The minimum atomic E-state index is -0.898. The van der Waals surface area contributed by atoms with Crippen molar-refractivity contribution in [1.82, 2.24) is 10.6 Å². The number of nitrogens with one attached hydrogen (secondary N) is 2. The fourth-order valence-corrected chi connectivity index (χ4v) is 5.96. The Balaban J connectivity index is 1.66. The third-order valence-corrected chi connectivity index (χ3v) is 7.40. The molecule has 6 atom stereocenters. The van der Waals surface area contributed by atoms with Crippen LogP contribution >= 0.6 is 11.8 Å². The zero-order valence-electron chi connectivity index (χ0n) is 18.1. The van der Waals surface area contributed by atoms with E-state index in [1.165, 1.54) is 0 Å². The second-order valence-corrected chi connectivity index (χ2v) is 9.42. The molecule has 2 heterocycles. The lowest BCUT2D eigenvalue weighted by molar-refractivity contribution is -0.146. The number of aryl methyl sites for hydroxylation is 1. The number of aliphatic carboxylic acids is 1. The minimum Gasteiger partial charge on any atom is -0.480 e. The number of fused-ring (bicyclic) bond motifs is 1. The van der Waals surface area contributed by atoms with Crippen molar-refractivity contribution in [3.8, 4) is 0 Å². The number of carboxylic acid groups (broad SMARTS) is 1. The van der Waals surface area contributed by atoms with Crippen LogP contribution in [0.2, 0.25) is 0 Å². The number of carboxylic acids is 1. The van der Waals surface area contributed by atoms with E-state index in [0.29, 0.717) is 12.8 Å². The molecule has 0 saturated carbocycles. The highest BCUT2D eigenvalue weighted by Crippen LogP contribution is 2.38. The van der Waals surface area contributed by atoms with Crippen LogP contribution in [0.3, 0.4) is 0 Å². The highest BCUT2D eigenvalue weighted by molar-refractivity contribution is 7.99. The van der Waals surface area contributed by atoms with Gasteiger partial charge in [-0.25, -0.2) is 0 Å². The van der Waals surface area contributed by atoms with Gasteiger partial charge in [0, 0.05) is 0 Å². The average Bonchev–Trinajstić information content (AvgIpc) is 3.16. The van der Waals surface area contributed by atoms with Crippen molar-refractivity contribution >= 4 is 29.5 Å². The van der Waals surface area contributed by atoms with E-state index in [1.807, 2.05) is 30.3 Å². The Hall–Kier alpha value is -1.90. The summed E-state index contributed by atoms with van der Waals surface area (Å²) in [7, 11) is 0. The summed E-state index contributed by atoms with van der Waals surface area (Å²) in [5, 5.41) is 15.8. The Morgan fingerprint density at radius 2 is 1.97 bits per heavy atom. The first-order valence-corrected chi connectivity index (χ1v) is 12.1. The topological polar surface area (TPSA) is 105 Å². The van der Waals surface area contributed by atoms with Gasteiger partial charge in [0.15, 0.2) is 5.78 Å². The lowest BCUT2D eigenvalue weighted by atomic mass is 9.83. The van der Waals surface area contributed by atoms with E-state index in [1.54, 1.807) is 25.6 Å². The highest BCUT2D eigenvalue weighted by atomic mass is 32.2. The second-order valence-electron chi connectivity index (χ2n) is 8.27. The zero-order chi connectivity index (χ0) is 22.4. The number of thioether (sulfide) groups is 1. The maximum Gasteiger partial charge on any atom is 0.323 e. The molecule has 2 fully saturated rings. The van der Waals surface area contributed by atoms with Gasteiger partial charge in [0.1, 0.15) is 12.1 Å². The van der Waals surface area contributed by atoms with Gasteiger partial charge in [-0.2, -0.15) is 11.8 Å². The number of ketones is 1. The largest absolute Gasteiger partial charge is 0.480 e. The molecule has 31 heavy (non-hydrogen) atoms. The van der Waals surface area contributed by atoms with E-state index >= 15 is 0 Å². The molecule has 4 unspecified atom stereocenters. The van der Waals surface area contributed by atoms with Gasteiger partial charge in [-0.3, -0.25) is 25.0 Å². The van der Waals surface area contributed by atoms with Gasteiger partial charge in [0.2, 0.25) is 0 Å². The Morgan fingerprint density at radius 1 is 1.23 bits per heavy atom. The normalized spacial score (nSPS) is 27.2. The molecular weight excluding hydrogens is 416 g/mol. The van der Waals surface area contributed by atoms with Crippen LogP contribution in [-0.4, -0.2) is 65.1 Å². The van der Waals surface area contributed by atoms with Gasteiger partial charge in [-0.1, -0.05) is 30.3 Å². The third kappa shape index (κ3) is 5.87. The molecule has 7 nitrogen and oxygen atoms in total. The molecule has 0 spiro atoms. The van der Waals surface area contributed by atoms with Crippen LogP contribution in [-0.2, 0) is 25.5 Å². The first-order chi connectivity index (χ1) is 14.9. The van der Waals surface area contributed by atoms with Gasteiger partial charge in [0.05, 0.1) is 18.7 Å². The fraction of sp³-hybridized carbons (Fsp3) is 0.609. The summed E-state index contributed by atoms with van der Waals surface area (Å²) in [4.78, 5) is 37.5. The van der Waals surface area contributed by atoms with Gasteiger partial charge >= 0.3 is 11.9 Å². The summed E-state index contributed by atoms with van der Waals surface area (Å²) in [5.41, 5.74) is 1.11. The van der Waals surface area contributed by atoms with Gasteiger partial charge in [-0.05, 0) is 62.0 Å². The molecule has 2 aliphatic rings. The number of rotatable bonds is 10. The van der Waals surface area contributed by atoms with Crippen molar-refractivity contribution < 1.29 is 24.2 Å². The van der Waals surface area contributed by atoms with Crippen LogP contribution < -0.4 is 10.6 Å². The quantitative estimate of drug-likeness (QED) is 0.466. The molecule has 170 valence electrons. The second kappa shape index (κ2) is 11.1. The van der Waals surface area contributed by atoms with Crippen molar-refractivity contribution in [2.45, 2.75) is 57.3 Å². The number of carbonyl (C=O) groups excluding carboxylic acids is 2. The molecule has 3 rings (SSSR count). The van der Waals surface area contributed by atoms with E-state index in [2.05, 4.69) is 10.6 Å². The Labute approximate surface area is 187 Å². The Kier molecular flexibility index (Phi) is 8.51. The number of Topliss-reactive ketones (excluding diaryl/α,β-unsaturated/α-hetero) is 1. The minimum absolute atomic E-state index is 0.00182. The first kappa shape index (κ1) is 23.8. The fourth-order valence-electron chi connectivity index (χ4n) is 4.64. The van der Waals surface area contributed by atoms with Gasteiger partial charge in [-0.15, -0.1) is 0 Å². The van der Waals surface area contributed by atoms with E-state index in [0.717, 1.165) is 23.5 Å². The molecule has 0 bridgehead atoms. The maximum absolute atomic E-state index is 13.3. The number of esters is 1. The summed E-state index contributed by atoms with van der Waals surface area (Å²) in [5.74, 6) is 0.319. The summed E-state index contributed by atoms with van der Waals surface area (Å²) < 4.78 is 5.22. The standard InChI is InChI=1S/C23H32N2O5S/c1-3-30-23(29)18(10-9-15-7-5-4-6-8-15)24-14(2)21(26)19-17-13-31-12-11-16(17)20(25-19)22(27)28/h4-8,14,16-20,24-25H,3,9-13H2,1-2H3,(H,27,28)/t14?,16?,17?,18-,19?,20-/m0/s1. The zero-order valence-corrected chi connectivity index (χ0v) is 18.9. The van der Waals surface area contributed by atoms with Crippen molar-refractivity contribution in [2.75, 3.05) is 18.1 Å². The molecule has 0 aliphatic carbocycles. The van der Waals surface area contributed by atoms with E-state index < -0.39 is 30.1 Å². The number of benzene rings is 1. The SMILES string of the molecule is CCOC(=O)[C@H](CCc1ccccc1)NC(C)C(=O)C1N[C@H](C(=O)O)C2CCSCC12. The smallest absolute Gasteiger partial charge is 0.323 e. The van der Waals surface area contributed by atoms with Crippen molar-refractivity contribution in [3.63, 3.8) is 0 Å². The highest BCUT2D eigenvalue weighted by Gasteiger charge is 2.50. The molecule has 3 N–H and O–H groups in total. The van der Waals surface area contributed by atoms with Crippen LogP contribution in [0, 0.1) is 11.8 Å². The lowest BCUT2D eigenvalue weighted by Crippen LogP contribution is -2.53. The molecule has 1 aromatic carbocycles. The molecule has 2 aliphatic heterocycles. The number of hydrogen-bond donors (Lipinski definition) is 3. The van der Waals surface area contributed by atoms with Crippen LogP contribution in [0.15, 0.2) is 30.3 Å².